The van der Waals surface area contributed by atoms with E-state index in [-0.39, 0.29) is 10.8 Å². The van der Waals surface area contributed by atoms with Gasteiger partial charge in [-0.15, -0.1) is 0 Å². The van der Waals surface area contributed by atoms with Gasteiger partial charge in [-0.25, -0.2) is 19.9 Å². The van der Waals surface area contributed by atoms with Crippen LogP contribution in [0.25, 0.3) is 57.2 Å². The van der Waals surface area contributed by atoms with E-state index in [4.69, 9.17) is 19.4 Å². The Morgan fingerprint density at radius 3 is 1.53 bits per heavy atom. The van der Waals surface area contributed by atoms with Gasteiger partial charge in [0.1, 0.15) is 5.52 Å². The molecule has 0 radical (unpaired) electrons. The number of hydrogen-bond acceptors (Lipinski definition) is 5. The molecule has 2 aliphatic carbocycles. The summed E-state index contributed by atoms with van der Waals surface area (Å²) in [7, 11) is 0. The first kappa shape index (κ1) is 25.5. The van der Waals surface area contributed by atoms with Crippen molar-refractivity contribution >= 4 is 34.4 Å². The zero-order chi connectivity index (χ0) is 29.3. The Bertz CT molecular complexity index is 2010. The number of fused-ring (bicyclic) bond motifs is 3. The lowest BCUT2D eigenvalue weighted by Gasteiger charge is -2.26. The number of benzene rings is 4. The Morgan fingerprint density at radius 1 is 0.488 bits per heavy atom. The van der Waals surface area contributed by atoms with Gasteiger partial charge in [-0.1, -0.05) is 100 Å². The molecule has 43 heavy (non-hydrogen) atoms. The van der Waals surface area contributed by atoms with Gasteiger partial charge >= 0.3 is 0 Å². The molecule has 0 aliphatic heterocycles. The monoisotopic (exact) mass is 558 g/mol. The lowest BCUT2D eigenvalue weighted by Crippen LogP contribution is -2.21. The van der Waals surface area contributed by atoms with E-state index in [0.29, 0.717) is 23.4 Å². The summed E-state index contributed by atoms with van der Waals surface area (Å²) >= 11 is 0. The lowest BCUT2D eigenvalue weighted by atomic mass is 9.80. The molecule has 2 aromatic heterocycles. The second-order valence-electron chi connectivity index (χ2n) is 12.4. The highest BCUT2D eigenvalue weighted by Crippen LogP contribution is 2.48. The van der Waals surface area contributed by atoms with Gasteiger partial charge in [-0.3, -0.25) is 0 Å². The summed E-state index contributed by atoms with van der Waals surface area (Å²) in [5.74, 6) is 2.65. The molecule has 4 aromatic carbocycles. The van der Waals surface area contributed by atoms with Crippen LogP contribution < -0.4 is 0 Å². The van der Waals surface area contributed by atoms with E-state index in [1.807, 2.05) is 48.5 Å². The molecule has 0 unspecified atom stereocenters. The quantitative estimate of drug-likeness (QED) is 0.216. The van der Waals surface area contributed by atoms with Crippen molar-refractivity contribution < 1.29 is 4.42 Å². The van der Waals surface area contributed by atoms with Crippen LogP contribution in [0.15, 0.2) is 101 Å². The Balaban J connectivity index is 1.26. The molecular formula is C38H30N4O. The molecule has 0 saturated carbocycles. The topological polar surface area (TPSA) is 64.7 Å². The Kier molecular flexibility index (Phi) is 5.45. The molecule has 0 spiro atoms. The maximum Gasteiger partial charge on any atom is 0.227 e. The minimum absolute atomic E-state index is 0.244. The summed E-state index contributed by atoms with van der Waals surface area (Å²) in [4.78, 5) is 20.1. The minimum atomic E-state index is -0.244. The number of allylic oxidation sites excluding steroid dienone is 2. The van der Waals surface area contributed by atoms with Crippen molar-refractivity contribution in [3.63, 3.8) is 0 Å². The third-order valence-corrected chi connectivity index (χ3v) is 9.02. The second-order valence-corrected chi connectivity index (χ2v) is 12.4. The van der Waals surface area contributed by atoms with Crippen molar-refractivity contribution in [1.29, 1.82) is 0 Å². The predicted octanol–water partition coefficient (Wildman–Crippen LogP) is 9.01. The zero-order valence-electron chi connectivity index (χ0n) is 24.6. The van der Waals surface area contributed by atoms with Gasteiger partial charge in [0.05, 0.1) is 0 Å². The van der Waals surface area contributed by atoms with Crippen LogP contribution in [0.5, 0.6) is 0 Å². The molecule has 5 nitrogen and oxygen atoms in total. The number of nitrogens with zero attached hydrogens (tertiary/aromatic N) is 4. The largest absolute Gasteiger partial charge is 0.436 e. The third kappa shape index (κ3) is 3.99. The summed E-state index contributed by atoms with van der Waals surface area (Å²) in [6.45, 7) is 8.99. The molecule has 5 heteroatoms. The van der Waals surface area contributed by atoms with Crippen LogP contribution in [0.2, 0.25) is 0 Å². The van der Waals surface area contributed by atoms with E-state index in [1.165, 1.54) is 22.3 Å². The van der Waals surface area contributed by atoms with Crippen LogP contribution in [0.4, 0.5) is 0 Å². The van der Waals surface area contributed by atoms with E-state index in [2.05, 4.69) is 93.4 Å². The van der Waals surface area contributed by atoms with Crippen molar-refractivity contribution in [2.24, 2.45) is 0 Å². The van der Waals surface area contributed by atoms with Gasteiger partial charge in [0.15, 0.2) is 23.1 Å². The van der Waals surface area contributed by atoms with Crippen LogP contribution in [0, 0.1) is 0 Å². The number of aromatic nitrogens is 4. The molecule has 8 rings (SSSR count). The first-order chi connectivity index (χ1) is 20.8. The van der Waals surface area contributed by atoms with E-state index < -0.39 is 0 Å². The fourth-order valence-corrected chi connectivity index (χ4v) is 6.54. The molecule has 0 bridgehead atoms. The minimum Gasteiger partial charge on any atom is -0.436 e. The molecule has 0 atom stereocenters. The van der Waals surface area contributed by atoms with Gasteiger partial charge in [0, 0.05) is 33.1 Å². The van der Waals surface area contributed by atoms with Gasteiger partial charge < -0.3 is 4.42 Å². The molecule has 2 aliphatic rings. The van der Waals surface area contributed by atoms with Crippen molar-refractivity contribution in [1.82, 2.24) is 19.9 Å². The maximum atomic E-state index is 6.01. The van der Waals surface area contributed by atoms with Crippen molar-refractivity contribution in [2.75, 3.05) is 0 Å². The number of hydrogen-bond donors (Lipinski definition) is 0. The molecule has 2 heterocycles. The van der Waals surface area contributed by atoms with E-state index in [0.717, 1.165) is 33.4 Å². The average Bonchev–Trinajstić information content (AvgIpc) is 3.66. The number of rotatable bonds is 4. The molecule has 0 N–H and O–H groups in total. The molecular weight excluding hydrogens is 528 g/mol. The number of oxazole rings is 1. The molecule has 0 amide bonds. The Labute approximate surface area is 250 Å². The molecule has 6 aromatic rings. The average molecular weight is 559 g/mol. The standard InChI is InChI=1S/C38H30N4O/c1-37(2)27-13-7-5-11-25(27)21-29(37)34-40-33(41-35(42-34)30-22-26-12-6-8-14-28(26)38(30,3)4)23-17-19-24(20-18-23)36-39-31-15-9-10-16-32(31)43-36/h5-22H,1-4H3. The molecule has 208 valence electrons. The van der Waals surface area contributed by atoms with Crippen LogP contribution >= 0.6 is 0 Å². The van der Waals surface area contributed by atoms with Gasteiger partial charge in [-0.2, -0.15) is 0 Å². The van der Waals surface area contributed by atoms with E-state index >= 15 is 0 Å². The fourth-order valence-electron chi connectivity index (χ4n) is 6.54. The maximum absolute atomic E-state index is 6.01. The van der Waals surface area contributed by atoms with Crippen LogP contribution in [0.3, 0.4) is 0 Å². The molecule has 0 fully saturated rings. The first-order valence-electron chi connectivity index (χ1n) is 14.7. The van der Waals surface area contributed by atoms with Crippen LogP contribution in [-0.4, -0.2) is 19.9 Å². The smallest absolute Gasteiger partial charge is 0.227 e. The van der Waals surface area contributed by atoms with Crippen LogP contribution in [0.1, 0.15) is 61.6 Å². The Morgan fingerprint density at radius 2 is 0.977 bits per heavy atom. The summed E-state index contributed by atoms with van der Waals surface area (Å²) in [5, 5.41) is 0. The fraction of sp³-hybridized carbons (Fsp3) is 0.158. The molecule has 0 saturated heterocycles. The van der Waals surface area contributed by atoms with Crippen LogP contribution in [-0.2, 0) is 10.8 Å². The highest BCUT2D eigenvalue weighted by atomic mass is 16.3. The van der Waals surface area contributed by atoms with Gasteiger partial charge in [0.25, 0.3) is 0 Å². The second kappa shape index (κ2) is 9.17. The van der Waals surface area contributed by atoms with Crippen molar-refractivity contribution in [3.05, 3.63) is 131 Å². The predicted molar refractivity (Wildman–Crippen MR) is 173 cm³/mol. The highest BCUT2D eigenvalue weighted by molar-refractivity contribution is 5.94. The summed E-state index contributed by atoms with van der Waals surface area (Å²) in [6, 6.07) is 33.0. The van der Waals surface area contributed by atoms with Crippen molar-refractivity contribution in [2.45, 2.75) is 38.5 Å². The van der Waals surface area contributed by atoms with E-state index in [9.17, 15) is 0 Å². The van der Waals surface area contributed by atoms with Gasteiger partial charge in [-0.05, 0) is 58.7 Å². The summed E-state index contributed by atoms with van der Waals surface area (Å²) < 4.78 is 6.01. The summed E-state index contributed by atoms with van der Waals surface area (Å²) in [6.07, 6.45) is 4.47. The van der Waals surface area contributed by atoms with Crippen molar-refractivity contribution in [3.8, 4) is 22.8 Å². The SMILES string of the molecule is CC1(C)C(c2nc(C3=Cc4ccccc4C3(C)C)nc(-c3ccc(-c4nc5ccccc5o4)cc3)n2)=Cc2ccccc21. The normalized spacial score (nSPS) is 16.1. The van der Waals surface area contributed by atoms with Gasteiger partial charge in [0.2, 0.25) is 5.89 Å². The number of para-hydroxylation sites is 2. The third-order valence-electron chi connectivity index (χ3n) is 9.02. The highest BCUT2D eigenvalue weighted by Gasteiger charge is 2.38. The zero-order valence-corrected chi connectivity index (χ0v) is 24.6. The first-order valence-corrected chi connectivity index (χ1v) is 14.7. The Hall–Kier alpha value is -5.16. The summed E-state index contributed by atoms with van der Waals surface area (Å²) in [5.41, 5.74) is 10.1. The van der Waals surface area contributed by atoms with E-state index in [1.54, 1.807) is 0 Å². The lowest BCUT2D eigenvalue weighted by molar-refractivity contribution is 0.620.